The summed E-state index contributed by atoms with van der Waals surface area (Å²) in [6, 6.07) is 11.5. The van der Waals surface area contributed by atoms with Crippen LogP contribution in [-0.4, -0.2) is 17.3 Å². The van der Waals surface area contributed by atoms with Gasteiger partial charge < -0.3 is 10.1 Å². The van der Waals surface area contributed by atoms with E-state index in [2.05, 4.69) is 5.32 Å². The van der Waals surface area contributed by atoms with Gasteiger partial charge in [0.1, 0.15) is 11.4 Å². The topological polar surface area (TPSA) is 81.5 Å². The molecule has 114 valence electrons. The van der Waals surface area contributed by atoms with Crippen LogP contribution in [0, 0.1) is 10.1 Å². The Bertz CT molecular complexity index is 713. The van der Waals surface area contributed by atoms with Gasteiger partial charge in [-0.05, 0) is 38.1 Å². The molecular weight excluding hydrogens is 284 g/mol. The average Bonchev–Trinajstić information content (AvgIpc) is 2.49. The number of ether oxygens (including phenoxy) is 1. The van der Waals surface area contributed by atoms with Crippen molar-refractivity contribution < 1.29 is 14.5 Å². The maximum atomic E-state index is 11.4. The van der Waals surface area contributed by atoms with E-state index in [-0.39, 0.29) is 11.5 Å². The first-order chi connectivity index (χ1) is 10.5. The number of Topliss-reactive ketones (excluding diaryl/α,β-unsaturated/α-hetero) is 1. The molecule has 2 aromatic rings. The molecule has 0 aromatic heterocycles. The van der Waals surface area contributed by atoms with Crippen LogP contribution in [0.2, 0.25) is 0 Å². The molecule has 0 aliphatic rings. The van der Waals surface area contributed by atoms with Crippen LogP contribution in [0.25, 0.3) is 0 Å². The lowest BCUT2D eigenvalue weighted by Gasteiger charge is -2.12. The fraction of sp³-hybridized carbons (Fsp3) is 0.188. The van der Waals surface area contributed by atoms with Crippen molar-refractivity contribution in [2.24, 2.45) is 0 Å². The van der Waals surface area contributed by atoms with Crippen molar-refractivity contribution in [3.05, 3.63) is 58.1 Å². The molecule has 0 atom stereocenters. The molecule has 6 heteroatoms. The molecule has 0 bridgehead atoms. The Hall–Kier alpha value is -2.89. The van der Waals surface area contributed by atoms with Crippen molar-refractivity contribution in [3.63, 3.8) is 0 Å². The molecule has 0 radical (unpaired) electrons. The highest BCUT2D eigenvalue weighted by Gasteiger charge is 2.17. The second-order valence-corrected chi connectivity index (χ2v) is 4.60. The third kappa shape index (κ3) is 3.41. The molecule has 0 spiro atoms. The zero-order chi connectivity index (χ0) is 16.1. The van der Waals surface area contributed by atoms with Gasteiger partial charge in [-0.25, -0.2) is 0 Å². The number of nitro groups is 1. The van der Waals surface area contributed by atoms with Gasteiger partial charge in [0, 0.05) is 11.6 Å². The highest BCUT2D eigenvalue weighted by Crippen LogP contribution is 2.33. The second-order valence-electron chi connectivity index (χ2n) is 4.60. The van der Waals surface area contributed by atoms with Gasteiger partial charge in [0.25, 0.3) is 5.69 Å². The van der Waals surface area contributed by atoms with Crippen LogP contribution in [0.4, 0.5) is 17.1 Å². The maximum absolute atomic E-state index is 11.4. The fourth-order valence-corrected chi connectivity index (χ4v) is 2.00. The number of nitrogens with one attached hydrogen (secondary N) is 1. The van der Waals surface area contributed by atoms with E-state index in [1.807, 2.05) is 13.0 Å². The molecule has 0 amide bonds. The lowest BCUT2D eigenvalue weighted by atomic mass is 10.1. The summed E-state index contributed by atoms with van der Waals surface area (Å²) >= 11 is 0. The monoisotopic (exact) mass is 300 g/mol. The lowest BCUT2D eigenvalue weighted by Crippen LogP contribution is -2.02. The van der Waals surface area contributed by atoms with Crippen LogP contribution < -0.4 is 10.1 Å². The van der Waals surface area contributed by atoms with Crippen molar-refractivity contribution in [1.82, 2.24) is 0 Å². The number of nitrogens with zero attached hydrogens (tertiary/aromatic N) is 1. The predicted molar refractivity (Wildman–Crippen MR) is 84.0 cm³/mol. The molecule has 1 N–H and O–H groups in total. The standard InChI is InChI=1S/C16H16N2O4/c1-3-22-16-7-5-4-6-14(16)17-13-9-8-12(11(2)19)10-15(13)18(20)21/h4-10,17H,3H2,1-2H3. The fourth-order valence-electron chi connectivity index (χ4n) is 2.00. The van der Waals surface area contributed by atoms with E-state index in [0.29, 0.717) is 29.3 Å². The van der Waals surface area contributed by atoms with E-state index in [0.717, 1.165) is 0 Å². The number of anilines is 2. The first-order valence-electron chi connectivity index (χ1n) is 6.81. The van der Waals surface area contributed by atoms with Crippen molar-refractivity contribution in [1.29, 1.82) is 0 Å². The normalized spacial score (nSPS) is 10.1. The third-order valence-electron chi connectivity index (χ3n) is 3.06. The number of carbonyl (C=O) groups is 1. The molecule has 0 aliphatic heterocycles. The van der Waals surface area contributed by atoms with E-state index >= 15 is 0 Å². The Balaban J connectivity index is 2.41. The van der Waals surface area contributed by atoms with Gasteiger partial charge in [0.05, 0.1) is 17.2 Å². The van der Waals surface area contributed by atoms with E-state index < -0.39 is 4.92 Å². The molecule has 0 saturated carbocycles. The Morgan fingerprint density at radius 2 is 1.95 bits per heavy atom. The van der Waals surface area contributed by atoms with E-state index in [9.17, 15) is 14.9 Å². The molecule has 0 unspecified atom stereocenters. The van der Waals surface area contributed by atoms with Crippen molar-refractivity contribution in [2.45, 2.75) is 13.8 Å². The highest BCUT2D eigenvalue weighted by atomic mass is 16.6. The summed E-state index contributed by atoms with van der Waals surface area (Å²) in [6.45, 7) is 3.72. The lowest BCUT2D eigenvalue weighted by molar-refractivity contribution is -0.383. The number of benzene rings is 2. The van der Waals surface area contributed by atoms with Crippen LogP contribution in [0.15, 0.2) is 42.5 Å². The van der Waals surface area contributed by atoms with E-state index in [1.54, 1.807) is 24.3 Å². The van der Waals surface area contributed by atoms with Crippen LogP contribution >= 0.6 is 0 Å². The molecule has 0 heterocycles. The molecule has 0 saturated heterocycles. The quantitative estimate of drug-likeness (QED) is 0.496. The van der Waals surface area contributed by atoms with E-state index in [4.69, 9.17) is 4.74 Å². The second kappa shape index (κ2) is 6.71. The smallest absolute Gasteiger partial charge is 0.293 e. The zero-order valence-corrected chi connectivity index (χ0v) is 12.3. The van der Waals surface area contributed by atoms with Crippen molar-refractivity contribution in [3.8, 4) is 5.75 Å². The average molecular weight is 300 g/mol. The van der Waals surface area contributed by atoms with Crippen LogP contribution in [0.1, 0.15) is 24.2 Å². The first-order valence-corrected chi connectivity index (χ1v) is 6.81. The van der Waals surface area contributed by atoms with Crippen LogP contribution in [-0.2, 0) is 0 Å². The van der Waals surface area contributed by atoms with Gasteiger partial charge in [0.2, 0.25) is 0 Å². The number of hydrogen-bond donors (Lipinski definition) is 1. The third-order valence-corrected chi connectivity index (χ3v) is 3.06. The van der Waals surface area contributed by atoms with Gasteiger partial charge in [-0.2, -0.15) is 0 Å². The molecule has 6 nitrogen and oxygen atoms in total. The minimum Gasteiger partial charge on any atom is -0.492 e. The number of nitro benzene ring substituents is 1. The molecule has 22 heavy (non-hydrogen) atoms. The predicted octanol–water partition coefficient (Wildman–Crippen LogP) is 3.94. The van der Waals surface area contributed by atoms with Gasteiger partial charge in [-0.15, -0.1) is 0 Å². The number of rotatable bonds is 6. The summed E-state index contributed by atoms with van der Waals surface area (Å²) in [4.78, 5) is 22.1. The van der Waals surface area contributed by atoms with Crippen molar-refractivity contribution in [2.75, 3.05) is 11.9 Å². The number of para-hydroxylation sites is 2. The molecule has 0 fully saturated rings. The Morgan fingerprint density at radius 1 is 1.23 bits per heavy atom. The van der Waals surface area contributed by atoms with Crippen LogP contribution in [0.5, 0.6) is 5.75 Å². The van der Waals surface area contributed by atoms with Gasteiger partial charge >= 0.3 is 0 Å². The van der Waals surface area contributed by atoms with Gasteiger partial charge in [-0.1, -0.05) is 12.1 Å². The summed E-state index contributed by atoms with van der Waals surface area (Å²) in [7, 11) is 0. The SMILES string of the molecule is CCOc1ccccc1Nc1ccc(C(C)=O)cc1[N+](=O)[O-]. The van der Waals surface area contributed by atoms with Crippen LogP contribution in [0.3, 0.4) is 0 Å². The number of hydrogen-bond acceptors (Lipinski definition) is 5. The largest absolute Gasteiger partial charge is 0.492 e. The molecular formula is C16H16N2O4. The molecule has 2 rings (SSSR count). The summed E-state index contributed by atoms with van der Waals surface area (Å²) in [6.07, 6.45) is 0. The Morgan fingerprint density at radius 3 is 2.59 bits per heavy atom. The summed E-state index contributed by atoms with van der Waals surface area (Å²) in [5, 5.41) is 14.2. The summed E-state index contributed by atoms with van der Waals surface area (Å²) in [5.74, 6) is 0.388. The van der Waals surface area contributed by atoms with E-state index in [1.165, 1.54) is 19.1 Å². The maximum Gasteiger partial charge on any atom is 0.293 e. The first kappa shape index (κ1) is 15.5. The Kier molecular flexibility index (Phi) is 4.73. The zero-order valence-electron chi connectivity index (χ0n) is 12.3. The number of carbonyl (C=O) groups excluding carboxylic acids is 1. The van der Waals surface area contributed by atoms with Gasteiger partial charge in [0.15, 0.2) is 5.78 Å². The minimum absolute atomic E-state index is 0.154. The Labute approximate surface area is 127 Å². The number of ketones is 1. The highest BCUT2D eigenvalue weighted by molar-refractivity contribution is 5.95. The molecule has 0 aliphatic carbocycles. The van der Waals surface area contributed by atoms with Crippen molar-refractivity contribution >= 4 is 22.8 Å². The summed E-state index contributed by atoms with van der Waals surface area (Å²) in [5.41, 5.74) is 1.08. The van der Waals surface area contributed by atoms with Gasteiger partial charge in [-0.3, -0.25) is 14.9 Å². The summed E-state index contributed by atoms with van der Waals surface area (Å²) < 4.78 is 5.49. The minimum atomic E-state index is -0.516. The molecule has 2 aromatic carbocycles.